The Kier molecular flexibility index (Phi) is 3.50. The van der Waals surface area contributed by atoms with E-state index in [1.807, 2.05) is 53.9 Å². The molecule has 0 unspecified atom stereocenters. The molecule has 6 heteroatoms. The molecule has 0 saturated carbocycles. The summed E-state index contributed by atoms with van der Waals surface area (Å²) in [7, 11) is 0. The molecule has 6 nitrogen and oxygen atoms in total. The third-order valence-electron chi connectivity index (χ3n) is 4.81. The zero-order chi connectivity index (χ0) is 18.4. The van der Waals surface area contributed by atoms with Crippen LogP contribution in [-0.2, 0) is 6.42 Å². The Morgan fingerprint density at radius 1 is 0.926 bits per heavy atom. The molecule has 5 aromatic rings. The van der Waals surface area contributed by atoms with Crippen molar-refractivity contribution in [1.82, 2.24) is 25.0 Å². The molecule has 0 atom stereocenters. The van der Waals surface area contributed by atoms with Gasteiger partial charge in [-0.05, 0) is 13.3 Å². The van der Waals surface area contributed by atoms with Gasteiger partial charge in [0.25, 0.3) is 0 Å². The predicted molar refractivity (Wildman–Crippen MR) is 103 cm³/mol. The van der Waals surface area contributed by atoms with Gasteiger partial charge >= 0.3 is 0 Å². The van der Waals surface area contributed by atoms with Crippen molar-refractivity contribution in [3.8, 4) is 22.6 Å². The van der Waals surface area contributed by atoms with E-state index >= 15 is 0 Å². The summed E-state index contributed by atoms with van der Waals surface area (Å²) in [6.07, 6.45) is 0.822. The molecule has 0 amide bonds. The van der Waals surface area contributed by atoms with E-state index in [1.54, 1.807) is 0 Å². The van der Waals surface area contributed by atoms with Gasteiger partial charge in [-0.25, -0.2) is 0 Å². The summed E-state index contributed by atoms with van der Waals surface area (Å²) in [4.78, 5) is 0. The minimum absolute atomic E-state index is 0.642. The van der Waals surface area contributed by atoms with Gasteiger partial charge in [-0.2, -0.15) is 9.61 Å². The first-order valence-electron chi connectivity index (χ1n) is 8.93. The summed E-state index contributed by atoms with van der Waals surface area (Å²) >= 11 is 0. The van der Waals surface area contributed by atoms with Crippen molar-refractivity contribution >= 4 is 16.4 Å². The lowest BCUT2D eigenvalue weighted by molar-refractivity contribution is 0.400. The van der Waals surface area contributed by atoms with Crippen molar-refractivity contribution < 1.29 is 4.52 Å². The van der Waals surface area contributed by atoms with Crippen molar-refractivity contribution in [3.05, 3.63) is 66.1 Å². The number of benzene rings is 2. The number of hydrogen-bond donors (Lipinski definition) is 0. The van der Waals surface area contributed by atoms with E-state index in [9.17, 15) is 0 Å². The average molecular weight is 355 g/mol. The van der Waals surface area contributed by atoms with Crippen LogP contribution >= 0.6 is 0 Å². The van der Waals surface area contributed by atoms with Crippen LogP contribution in [0.1, 0.15) is 18.4 Å². The van der Waals surface area contributed by atoms with Crippen LogP contribution in [0.25, 0.3) is 39.1 Å². The van der Waals surface area contributed by atoms with Crippen LogP contribution in [0.2, 0.25) is 0 Å². The number of aryl methyl sites for hydroxylation is 2. The fourth-order valence-corrected chi connectivity index (χ4v) is 3.49. The largest absolute Gasteiger partial charge is 0.360 e. The molecule has 3 aromatic heterocycles. The molecule has 0 aliphatic heterocycles. The SMILES string of the molecule is CCc1nn2c(-c3c(-c4ccccc4)noc3C)nnc2c2ccccc12. The molecule has 0 N–H and O–H groups in total. The fourth-order valence-electron chi connectivity index (χ4n) is 3.49. The Hall–Kier alpha value is -3.54. The number of rotatable bonds is 3. The molecule has 0 aliphatic carbocycles. The lowest BCUT2D eigenvalue weighted by atomic mass is 10.1. The van der Waals surface area contributed by atoms with E-state index in [-0.39, 0.29) is 0 Å². The second-order valence-electron chi connectivity index (χ2n) is 6.43. The summed E-state index contributed by atoms with van der Waals surface area (Å²) in [5.41, 5.74) is 4.28. The molecule has 0 radical (unpaired) electrons. The van der Waals surface area contributed by atoms with Crippen LogP contribution in [-0.4, -0.2) is 25.0 Å². The Bertz CT molecular complexity index is 1270. The van der Waals surface area contributed by atoms with Crippen LogP contribution in [0.5, 0.6) is 0 Å². The van der Waals surface area contributed by atoms with Gasteiger partial charge in [0, 0.05) is 16.3 Å². The summed E-state index contributed by atoms with van der Waals surface area (Å²) in [5, 5.41) is 20.1. The van der Waals surface area contributed by atoms with Gasteiger partial charge in [-0.15, -0.1) is 10.2 Å². The standard InChI is InChI=1S/C21H17N5O/c1-3-17-15-11-7-8-12-16(15)20-22-23-21(26(20)24-17)18-13(2)27-25-19(18)14-9-5-4-6-10-14/h4-12H,3H2,1-2H3. The van der Waals surface area contributed by atoms with Crippen molar-refractivity contribution in [2.24, 2.45) is 0 Å². The first kappa shape index (κ1) is 15.7. The molecule has 132 valence electrons. The molecule has 0 aliphatic rings. The molecule has 0 fully saturated rings. The monoisotopic (exact) mass is 355 g/mol. The molecule has 0 spiro atoms. The Morgan fingerprint density at radius 3 is 2.44 bits per heavy atom. The summed E-state index contributed by atoms with van der Waals surface area (Å²) in [6.45, 7) is 3.99. The molecular weight excluding hydrogens is 338 g/mol. The number of aromatic nitrogens is 5. The maximum absolute atomic E-state index is 5.51. The van der Waals surface area contributed by atoms with Crippen LogP contribution in [0.3, 0.4) is 0 Å². The van der Waals surface area contributed by atoms with Crippen LogP contribution in [0, 0.1) is 6.92 Å². The van der Waals surface area contributed by atoms with E-state index in [2.05, 4.69) is 34.4 Å². The Morgan fingerprint density at radius 2 is 1.67 bits per heavy atom. The minimum atomic E-state index is 0.642. The second kappa shape index (κ2) is 6.02. The van der Waals surface area contributed by atoms with Gasteiger partial charge in [0.1, 0.15) is 11.5 Å². The van der Waals surface area contributed by atoms with Crippen LogP contribution in [0.4, 0.5) is 0 Å². The van der Waals surface area contributed by atoms with Crippen LogP contribution < -0.4 is 0 Å². The highest BCUT2D eigenvalue weighted by Gasteiger charge is 2.23. The first-order valence-corrected chi connectivity index (χ1v) is 8.93. The minimum Gasteiger partial charge on any atom is -0.360 e. The molecule has 2 aromatic carbocycles. The topological polar surface area (TPSA) is 69.1 Å². The van der Waals surface area contributed by atoms with Gasteiger partial charge < -0.3 is 4.52 Å². The third-order valence-corrected chi connectivity index (χ3v) is 4.81. The highest BCUT2D eigenvalue weighted by molar-refractivity contribution is 5.95. The highest BCUT2D eigenvalue weighted by Crippen LogP contribution is 2.34. The average Bonchev–Trinajstić information content (AvgIpc) is 3.31. The zero-order valence-electron chi connectivity index (χ0n) is 15.0. The molecule has 5 rings (SSSR count). The van der Waals surface area contributed by atoms with E-state index in [0.717, 1.165) is 45.4 Å². The number of hydrogen-bond acceptors (Lipinski definition) is 5. The van der Waals surface area contributed by atoms with E-state index in [4.69, 9.17) is 9.62 Å². The Labute approximate surface area is 155 Å². The van der Waals surface area contributed by atoms with Gasteiger partial charge in [0.05, 0.1) is 11.3 Å². The molecule has 0 saturated heterocycles. The van der Waals surface area contributed by atoms with Crippen LogP contribution in [0.15, 0.2) is 59.1 Å². The highest BCUT2D eigenvalue weighted by atomic mass is 16.5. The zero-order valence-corrected chi connectivity index (χ0v) is 15.0. The molecule has 3 heterocycles. The van der Waals surface area contributed by atoms with Crippen molar-refractivity contribution in [1.29, 1.82) is 0 Å². The smallest absolute Gasteiger partial charge is 0.191 e. The summed E-state index contributed by atoms with van der Waals surface area (Å²) in [6, 6.07) is 18.1. The first-order chi connectivity index (χ1) is 13.3. The second-order valence-corrected chi connectivity index (χ2v) is 6.43. The summed E-state index contributed by atoms with van der Waals surface area (Å²) < 4.78 is 7.32. The normalized spacial score (nSPS) is 11.5. The number of nitrogens with zero attached hydrogens (tertiary/aromatic N) is 5. The lowest BCUT2D eigenvalue weighted by Gasteiger charge is -2.07. The lowest BCUT2D eigenvalue weighted by Crippen LogP contribution is -2.02. The van der Waals surface area contributed by atoms with Crippen molar-refractivity contribution in [3.63, 3.8) is 0 Å². The van der Waals surface area contributed by atoms with Gasteiger partial charge in [0.15, 0.2) is 11.5 Å². The van der Waals surface area contributed by atoms with Gasteiger partial charge in [-0.3, -0.25) is 0 Å². The van der Waals surface area contributed by atoms with E-state index < -0.39 is 0 Å². The predicted octanol–water partition coefficient (Wildman–Crippen LogP) is 4.47. The molecular formula is C21H17N5O. The maximum atomic E-state index is 5.51. The van der Waals surface area contributed by atoms with E-state index in [0.29, 0.717) is 11.6 Å². The van der Waals surface area contributed by atoms with Crippen molar-refractivity contribution in [2.45, 2.75) is 20.3 Å². The van der Waals surface area contributed by atoms with Crippen molar-refractivity contribution in [2.75, 3.05) is 0 Å². The van der Waals surface area contributed by atoms with Gasteiger partial charge in [-0.1, -0.05) is 66.7 Å². The quantitative estimate of drug-likeness (QED) is 0.477. The summed E-state index contributed by atoms with van der Waals surface area (Å²) in [5.74, 6) is 1.33. The number of fused-ring (bicyclic) bond motifs is 3. The van der Waals surface area contributed by atoms with Gasteiger partial charge in [0.2, 0.25) is 0 Å². The third kappa shape index (κ3) is 2.33. The maximum Gasteiger partial charge on any atom is 0.191 e. The Balaban J connectivity index is 1.83. The molecule has 0 bridgehead atoms. The van der Waals surface area contributed by atoms with E-state index in [1.165, 1.54) is 0 Å². The molecule has 27 heavy (non-hydrogen) atoms. The fraction of sp³-hybridized carbons (Fsp3) is 0.143.